The lowest BCUT2D eigenvalue weighted by atomic mass is 9.74. The van der Waals surface area contributed by atoms with Crippen molar-refractivity contribution in [1.29, 1.82) is 0 Å². The van der Waals surface area contributed by atoms with Gasteiger partial charge in [-0.15, -0.1) is 0 Å². The third-order valence-corrected chi connectivity index (χ3v) is 5.26. The zero-order valence-electron chi connectivity index (χ0n) is 15.2. The van der Waals surface area contributed by atoms with Crippen molar-refractivity contribution >= 4 is 17.6 Å². The van der Waals surface area contributed by atoms with Crippen molar-refractivity contribution in [1.82, 2.24) is 10.0 Å². The van der Waals surface area contributed by atoms with E-state index in [1.807, 2.05) is 6.07 Å². The summed E-state index contributed by atoms with van der Waals surface area (Å²) in [5, 5.41) is 3.12. The number of hydrazine groups is 1. The lowest BCUT2D eigenvalue weighted by molar-refractivity contribution is -0.152. The molecule has 8 heteroatoms. The average molecular weight is 348 g/mol. The molecule has 3 rings (SSSR count). The van der Waals surface area contributed by atoms with Crippen LogP contribution >= 0.6 is 0 Å². The van der Waals surface area contributed by atoms with Crippen molar-refractivity contribution < 1.29 is 19.1 Å². The summed E-state index contributed by atoms with van der Waals surface area (Å²) in [5.74, 6) is -0.256. The molecule has 2 atom stereocenters. The van der Waals surface area contributed by atoms with Crippen LogP contribution in [0.1, 0.15) is 12.5 Å². The van der Waals surface area contributed by atoms with E-state index in [1.54, 1.807) is 57.2 Å². The number of anilines is 1. The Kier molecular flexibility index (Phi) is 3.92. The molecule has 8 nitrogen and oxygen atoms in total. The maximum atomic E-state index is 13.2. The summed E-state index contributed by atoms with van der Waals surface area (Å²) in [7, 11) is 6.77. The maximum Gasteiger partial charge on any atom is 0.322 e. The van der Waals surface area contributed by atoms with Crippen LogP contribution < -0.4 is 15.4 Å². The van der Waals surface area contributed by atoms with Crippen LogP contribution in [0.15, 0.2) is 18.2 Å². The Balaban J connectivity index is 2.30. The molecule has 0 bridgehead atoms. The second kappa shape index (κ2) is 5.60. The largest absolute Gasteiger partial charge is 0.497 e. The first-order valence-corrected chi connectivity index (χ1v) is 8.13. The van der Waals surface area contributed by atoms with Gasteiger partial charge in [0.25, 0.3) is 5.91 Å². The lowest BCUT2D eigenvalue weighted by Gasteiger charge is -2.36. The summed E-state index contributed by atoms with van der Waals surface area (Å²) in [6, 6.07) is 5.37. The van der Waals surface area contributed by atoms with Gasteiger partial charge < -0.3 is 14.4 Å². The number of hydrogen-bond acceptors (Lipinski definition) is 7. The second-order valence-corrected chi connectivity index (χ2v) is 6.54. The SMILES string of the molecule is CCOC(=O)[C@@]12CN(N(C)C)C(=O)[C@]1(N)N(C)c1ccc(OC)cc12. The first kappa shape index (κ1) is 17.5. The number of carbonyl (C=O) groups excluding carboxylic acids is 2. The predicted molar refractivity (Wildman–Crippen MR) is 92.0 cm³/mol. The molecule has 0 radical (unpaired) electrons. The molecular weight excluding hydrogens is 324 g/mol. The van der Waals surface area contributed by atoms with Crippen LogP contribution in [0.4, 0.5) is 5.69 Å². The molecule has 1 fully saturated rings. The Morgan fingerprint density at radius 1 is 1.40 bits per heavy atom. The maximum absolute atomic E-state index is 13.2. The van der Waals surface area contributed by atoms with Crippen LogP contribution in [-0.2, 0) is 19.7 Å². The van der Waals surface area contributed by atoms with E-state index in [0.29, 0.717) is 11.3 Å². The van der Waals surface area contributed by atoms with Crippen LogP contribution in [-0.4, -0.2) is 69.0 Å². The Bertz CT molecular complexity index is 737. The van der Waals surface area contributed by atoms with Crippen LogP contribution in [0.25, 0.3) is 0 Å². The van der Waals surface area contributed by atoms with Gasteiger partial charge in [0.1, 0.15) is 5.75 Å². The Morgan fingerprint density at radius 2 is 2.08 bits per heavy atom. The van der Waals surface area contributed by atoms with E-state index in [9.17, 15) is 9.59 Å². The predicted octanol–water partition coefficient (Wildman–Crippen LogP) is -0.0803. The van der Waals surface area contributed by atoms with Gasteiger partial charge in [-0.2, -0.15) is 0 Å². The first-order chi connectivity index (χ1) is 11.8. The van der Waals surface area contributed by atoms with Crippen molar-refractivity contribution in [2.45, 2.75) is 18.0 Å². The van der Waals surface area contributed by atoms with Gasteiger partial charge in [-0.1, -0.05) is 0 Å². The van der Waals surface area contributed by atoms with E-state index in [1.165, 1.54) is 5.01 Å². The van der Waals surface area contributed by atoms with E-state index < -0.39 is 17.0 Å². The smallest absolute Gasteiger partial charge is 0.322 e. The molecule has 0 aromatic heterocycles. The Morgan fingerprint density at radius 3 is 2.64 bits per heavy atom. The zero-order chi connectivity index (χ0) is 18.6. The van der Waals surface area contributed by atoms with Gasteiger partial charge in [0, 0.05) is 32.4 Å². The quantitative estimate of drug-likeness (QED) is 0.762. The van der Waals surface area contributed by atoms with E-state index in [4.69, 9.17) is 15.2 Å². The normalized spacial score (nSPS) is 27.6. The molecule has 1 aromatic rings. The Hall–Kier alpha value is -2.32. The van der Waals surface area contributed by atoms with Crippen LogP contribution in [0.5, 0.6) is 5.75 Å². The summed E-state index contributed by atoms with van der Waals surface area (Å²) in [6.07, 6.45) is 0. The zero-order valence-corrected chi connectivity index (χ0v) is 15.2. The van der Waals surface area contributed by atoms with Gasteiger partial charge in [-0.25, -0.2) is 5.01 Å². The summed E-state index contributed by atoms with van der Waals surface area (Å²) in [4.78, 5) is 28.0. The van der Waals surface area contributed by atoms with E-state index in [2.05, 4.69) is 0 Å². The number of hydrogen-bond donors (Lipinski definition) is 1. The first-order valence-electron chi connectivity index (χ1n) is 8.13. The molecule has 1 amide bonds. The minimum absolute atomic E-state index is 0.110. The highest BCUT2D eigenvalue weighted by molar-refractivity contribution is 6.07. The molecule has 2 N–H and O–H groups in total. The minimum atomic E-state index is -1.56. The number of ether oxygens (including phenoxy) is 2. The monoisotopic (exact) mass is 348 g/mol. The third kappa shape index (κ3) is 1.95. The van der Waals surface area contributed by atoms with Crippen LogP contribution in [0, 0.1) is 0 Å². The van der Waals surface area contributed by atoms with Gasteiger partial charge in [-0.3, -0.25) is 20.3 Å². The standard InChI is InChI=1S/C17H24N4O4/c1-6-25-15(23)16-10-21(19(2)3)14(22)17(16,18)20(4)13-8-7-11(24-5)9-12(13)16/h7-9H,6,10,18H2,1-5H3/t16-,17-/m0/s1. The fourth-order valence-electron chi connectivity index (χ4n) is 3.89. The number of amides is 1. The molecule has 0 aliphatic carbocycles. The van der Waals surface area contributed by atoms with Gasteiger partial charge in [0.05, 0.1) is 20.3 Å². The lowest BCUT2D eigenvalue weighted by Crippen LogP contribution is -2.68. The van der Waals surface area contributed by atoms with E-state index in [0.717, 1.165) is 5.69 Å². The second-order valence-electron chi connectivity index (χ2n) is 6.54. The van der Waals surface area contributed by atoms with Crippen molar-refractivity contribution in [3.63, 3.8) is 0 Å². The summed E-state index contributed by atoms with van der Waals surface area (Å²) < 4.78 is 10.7. The highest BCUT2D eigenvalue weighted by Crippen LogP contribution is 2.55. The van der Waals surface area contributed by atoms with Gasteiger partial charge in [-0.05, 0) is 25.1 Å². The molecule has 2 heterocycles. The number of esters is 1. The number of methoxy groups -OCH3 is 1. The molecule has 2 aliphatic heterocycles. The molecule has 136 valence electrons. The molecule has 0 spiro atoms. The highest BCUT2D eigenvalue weighted by atomic mass is 16.5. The van der Waals surface area contributed by atoms with E-state index in [-0.39, 0.29) is 19.1 Å². The summed E-state index contributed by atoms with van der Waals surface area (Å²) in [5.41, 5.74) is 5.14. The number of nitrogens with two attached hydrogens (primary N) is 1. The number of benzene rings is 1. The molecular formula is C17H24N4O4. The van der Waals surface area contributed by atoms with Gasteiger partial charge >= 0.3 is 5.97 Å². The topological polar surface area (TPSA) is 88.3 Å². The number of likely N-dealkylation sites (N-methyl/N-ethyl adjacent to an activating group) is 1. The molecule has 2 aliphatic rings. The van der Waals surface area contributed by atoms with Crippen LogP contribution in [0.3, 0.4) is 0 Å². The third-order valence-electron chi connectivity index (χ3n) is 5.26. The van der Waals surface area contributed by atoms with Gasteiger partial charge in [0.15, 0.2) is 11.1 Å². The number of fused-ring (bicyclic) bond motifs is 3. The van der Waals surface area contributed by atoms with Crippen molar-refractivity contribution in [3.05, 3.63) is 23.8 Å². The fourth-order valence-corrected chi connectivity index (χ4v) is 3.89. The van der Waals surface area contributed by atoms with Gasteiger partial charge in [0.2, 0.25) is 0 Å². The molecule has 0 saturated carbocycles. The minimum Gasteiger partial charge on any atom is -0.497 e. The molecule has 1 saturated heterocycles. The molecule has 1 aromatic carbocycles. The van der Waals surface area contributed by atoms with E-state index >= 15 is 0 Å². The van der Waals surface area contributed by atoms with Crippen molar-refractivity contribution in [2.75, 3.05) is 46.3 Å². The number of rotatable bonds is 4. The summed E-state index contributed by atoms with van der Waals surface area (Å²) >= 11 is 0. The Labute approximate surface area is 147 Å². The number of nitrogens with zero attached hydrogens (tertiary/aromatic N) is 3. The average Bonchev–Trinajstić information content (AvgIpc) is 2.94. The highest BCUT2D eigenvalue weighted by Gasteiger charge is 2.74. The van der Waals surface area contributed by atoms with Crippen LogP contribution in [0.2, 0.25) is 0 Å². The fraction of sp³-hybridized carbons (Fsp3) is 0.529. The molecule has 25 heavy (non-hydrogen) atoms. The number of carbonyl (C=O) groups is 2. The van der Waals surface area contributed by atoms with Crippen molar-refractivity contribution in [2.24, 2.45) is 5.73 Å². The van der Waals surface area contributed by atoms with Crippen molar-refractivity contribution in [3.8, 4) is 5.75 Å². The molecule has 0 unspecified atom stereocenters. The summed E-state index contributed by atoms with van der Waals surface area (Å²) in [6.45, 7) is 2.05.